The lowest BCUT2D eigenvalue weighted by Crippen LogP contribution is -2.25. The molecule has 7 nitrogen and oxygen atoms in total. The highest BCUT2D eigenvalue weighted by Crippen LogP contribution is 2.16. The molecule has 0 atom stereocenters. The first-order chi connectivity index (χ1) is 8.53. The van der Waals surface area contributed by atoms with E-state index in [1.807, 2.05) is 0 Å². The number of aliphatic hydroxyl groups excluding tert-OH is 1. The third kappa shape index (κ3) is 2.61. The summed E-state index contributed by atoms with van der Waals surface area (Å²) in [6.45, 7) is 0.0577. The summed E-state index contributed by atoms with van der Waals surface area (Å²) in [5, 5.41) is 8.59. The summed E-state index contributed by atoms with van der Waals surface area (Å²) in [6.07, 6.45) is 0.334. The fraction of sp³-hybridized carbons (Fsp3) is 0.300. The molecule has 1 heterocycles. The Morgan fingerprint density at radius 1 is 1.39 bits per heavy atom. The molecule has 0 saturated carbocycles. The zero-order valence-electron chi connectivity index (χ0n) is 9.34. The Morgan fingerprint density at radius 3 is 2.89 bits per heavy atom. The van der Waals surface area contributed by atoms with Crippen LogP contribution in [0.5, 0.6) is 0 Å². The van der Waals surface area contributed by atoms with Crippen molar-refractivity contribution >= 4 is 21.1 Å². The number of rotatable bonds is 5. The molecule has 0 radical (unpaired) electrons. The summed E-state index contributed by atoms with van der Waals surface area (Å²) in [5.74, 6) is -0.632. The van der Waals surface area contributed by atoms with E-state index in [2.05, 4.69) is 9.71 Å². The first-order valence-electron chi connectivity index (χ1n) is 5.26. The standard InChI is InChI=1S/C10H12N2O5S/c13-5-1-4-11-18(15,16)7-2-3-8-9(6-7)17-10(14)12-8/h2-3,6,11,13H,1,4-5H2,(H,12,14). The van der Waals surface area contributed by atoms with Crippen LogP contribution in [0, 0.1) is 0 Å². The Balaban J connectivity index is 2.32. The molecule has 2 aromatic rings. The molecule has 0 aliphatic heterocycles. The second-order valence-electron chi connectivity index (χ2n) is 3.65. The topological polar surface area (TPSA) is 112 Å². The molecule has 3 N–H and O–H groups in total. The summed E-state index contributed by atoms with van der Waals surface area (Å²) in [5.41, 5.74) is 0.624. The highest BCUT2D eigenvalue weighted by Gasteiger charge is 2.15. The van der Waals surface area contributed by atoms with Gasteiger partial charge in [0.15, 0.2) is 5.58 Å². The normalized spacial score (nSPS) is 12.1. The van der Waals surface area contributed by atoms with Gasteiger partial charge in [0, 0.05) is 19.2 Å². The average Bonchev–Trinajstić information content (AvgIpc) is 2.68. The van der Waals surface area contributed by atoms with Gasteiger partial charge in [-0.25, -0.2) is 17.9 Å². The quantitative estimate of drug-likeness (QED) is 0.651. The molecule has 2 rings (SSSR count). The minimum atomic E-state index is -3.65. The summed E-state index contributed by atoms with van der Waals surface area (Å²) in [7, 11) is -3.65. The molecule has 98 valence electrons. The van der Waals surface area contributed by atoms with Crippen molar-refractivity contribution < 1.29 is 17.9 Å². The molecule has 0 saturated heterocycles. The SMILES string of the molecule is O=c1[nH]c2ccc(S(=O)(=O)NCCCO)cc2o1. The van der Waals surface area contributed by atoms with Crippen molar-refractivity contribution in [3.8, 4) is 0 Å². The minimum Gasteiger partial charge on any atom is -0.408 e. The Labute approximate surface area is 102 Å². The second-order valence-corrected chi connectivity index (χ2v) is 5.41. The van der Waals surface area contributed by atoms with E-state index in [0.717, 1.165) is 0 Å². The van der Waals surface area contributed by atoms with E-state index in [4.69, 9.17) is 9.52 Å². The number of hydrogen-bond acceptors (Lipinski definition) is 5. The van der Waals surface area contributed by atoms with Gasteiger partial charge in [0.25, 0.3) is 0 Å². The number of sulfonamides is 1. The highest BCUT2D eigenvalue weighted by molar-refractivity contribution is 7.89. The number of hydrogen-bond donors (Lipinski definition) is 3. The first-order valence-corrected chi connectivity index (χ1v) is 6.74. The number of fused-ring (bicyclic) bond motifs is 1. The van der Waals surface area contributed by atoms with Gasteiger partial charge in [0.2, 0.25) is 10.0 Å². The van der Waals surface area contributed by atoms with E-state index in [1.165, 1.54) is 18.2 Å². The van der Waals surface area contributed by atoms with Crippen LogP contribution < -0.4 is 10.5 Å². The molecule has 0 spiro atoms. The Hall–Kier alpha value is -1.64. The van der Waals surface area contributed by atoms with Crippen molar-refractivity contribution in [1.82, 2.24) is 9.71 Å². The number of aromatic amines is 1. The maximum atomic E-state index is 11.8. The van der Waals surface area contributed by atoms with Crippen LogP contribution >= 0.6 is 0 Å². The predicted molar refractivity (Wildman–Crippen MR) is 63.7 cm³/mol. The molecule has 0 aliphatic carbocycles. The number of oxazole rings is 1. The lowest BCUT2D eigenvalue weighted by molar-refractivity contribution is 0.289. The van der Waals surface area contributed by atoms with Gasteiger partial charge in [-0.3, -0.25) is 4.98 Å². The van der Waals surface area contributed by atoms with Crippen LogP contribution in [-0.2, 0) is 10.0 Å². The summed E-state index contributed by atoms with van der Waals surface area (Å²) >= 11 is 0. The molecule has 1 aromatic carbocycles. The van der Waals surface area contributed by atoms with Gasteiger partial charge in [-0.15, -0.1) is 0 Å². The van der Waals surface area contributed by atoms with Crippen molar-refractivity contribution in [1.29, 1.82) is 0 Å². The summed E-state index contributed by atoms with van der Waals surface area (Å²) < 4.78 is 30.8. The third-order valence-corrected chi connectivity index (χ3v) is 3.79. The largest absolute Gasteiger partial charge is 0.417 e. The molecule has 0 unspecified atom stereocenters. The molecular formula is C10H12N2O5S. The van der Waals surface area contributed by atoms with Crippen LogP contribution in [0.15, 0.2) is 32.3 Å². The van der Waals surface area contributed by atoms with Gasteiger partial charge in [0.05, 0.1) is 10.4 Å². The van der Waals surface area contributed by atoms with Gasteiger partial charge < -0.3 is 9.52 Å². The van der Waals surface area contributed by atoms with Crippen LogP contribution in [0.1, 0.15) is 6.42 Å². The zero-order valence-corrected chi connectivity index (χ0v) is 10.2. The second kappa shape index (κ2) is 4.92. The van der Waals surface area contributed by atoms with E-state index in [9.17, 15) is 13.2 Å². The maximum Gasteiger partial charge on any atom is 0.417 e. The van der Waals surface area contributed by atoms with Crippen molar-refractivity contribution in [3.63, 3.8) is 0 Å². The number of nitrogens with one attached hydrogen (secondary N) is 2. The van der Waals surface area contributed by atoms with E-state index in [0.29, 0.717) is 11.9 Å². The van der Waals surface area contributed by atoms with Crippen LogP contribution in [0.3, 0.4) is 0 Å². The van der Waals surface area contributed by atoms with Crippen molar-refractivity contribution in [2.75, 3.05) is 13.2 Å². The monoisotopic (exact) mass is 272 g/mol. The first kappa shape index (κ1) is 12.8. The Kier molecular flexibility index (Phi) is 3.50. The van der Waals surface area contributed by atoms with E-state index in [-0.39, 0.29) is 23.6 Å². The molecule has 0 aliphatic rings. The fourth-order valence-electron chi connectivity index (χ4n) is 1.46. The smallest absolute Gasteiger partial charge is 0.408 e. The Morgan fingerprint density at radius 2 is 2.17 bits per heavy atom. The molecule has 1 aromatic heterocycles. The molecule has 0 amide bonds. The Bertz CT molecular complexity index is 700. The predicted octanol–water partition coefficient (Wildman–Crippen LogP) is -0.218. The number of benzene rings is 1. The number of aromatic nitrogens is 1. The highest BCUT2D eigenvalue weighted by atomic mass is 32.2. The lowest BCUT2D eigenvalue weighted by Gasteiger charge is -2.05. The van der Waals surface area contributed by atoms with Crippen LogP contribution in [-0.4, -0.2) is 31.7 Å². The number of H-pyrrole nitrogens is 1. The molecular weight excluding hydrogens is 260 g/mol. The van der Waals surface area contributed by atoms with Crippen LogP contribution in [0.4, 0.5) is 0 Å². The van der Waals surface area contributed by atoms with Gasteiger partial charge in [-0.2, -0.15) is 0 Å². The summed E-state index contributed by atoms with van der Waals surface area (Å²) in [4.78, 5) is 13.4. The maximum absolute atomic E-state index is 11.8. The van der Waals surface area contributed by atoms with Crippen LogP contribution in [0.25, 0.3) is 11.1 Å². The van der Waals surface area contributed by atoms with Gasteiger partial charge >= 0.3 is 5.76 Å². The van der Waals surface area contributed by atoms with Gasteiger partial charge in [-0.1, -0.05) is 0 Å². The van der Waals surface area contributed by atoms with E-state index in [1.54, 1.807) is 0 Å². The fourth-order valence-corrected chi connectivity index (χ4v) is 2.55. The zero-order chi connectivity index (χ0) is 13.2. The molecule has 18 heavy (non-hydrogen) atoms. The molecule has 0 bridgehead atoms. The van der Waals surface area contributed by atoms with Gasteiger partial charge in [0.1, 0.15) is 0 Å². The van der Waals surface area contributed by atoms with Crippen molar-refractivity contribution in [3.05, 3.63) is 28.7 Å². The molecule has 8 heteroatoms. The van der Waals surface area contributed by atoms with Crippen LogP contribution in [0.2, 0.25) is 0 Å². The molecule has 0 fully saturated rings. The summed E-state index contributed by atoms with van der Waals surface area (Å²) in [6, 6.07) is 4.10. The van der Waals surface area contributed by atoms with E-state index < -0.39 is 15.8 Å². The number of aliphatic hydroxyl groups is 1. The van der Waals surface area contributed by atoms with Crippen molar-refractivity contribution in [2.24, 2.45) is 0 Å². The van der Waals surface area contributed by atoms with Gasteiger partial charge in [-0.05, 0) is 18.6 Å². The average molecular weight is 272 g/mol. The van der Waals surface area contributed by atoms with Crippen molar-refractivity contribution in [2.45, 2.75) is 11.3 Å². The third-order valence-electron chi connectivity index (χ3n) is 2.33. The van der Waals surface area contributed by atoms with E-state index >= 15 is 0 Å². The minimum absolute atomic E-state index is 0.00990. The lowest BCUT2D eigenvalue weighted by atomic mass is 10.3.